The van der Waals surface area contributed by atoms with Gasteiger partial charge >= 0.3 is 0 Å². The van der Waals surface area contributed by atoms with E-state index in [-0.39, 0.29) is 0 Å². The first-order valence-corrected chi connectivity index (χ1v) is 4.21. The number of carbonyl (C=O) groups excluding carboxylic acids is 1. The maximum Gasteiger partial charge on any atom is 0.153 e. The predicted octanol–water partition coefficient (Wildman–Crippen LogP) is 2.43. The summed E-state index contributed by atoms with van der Waals surface area (Å²) in [5.41, 5.74) is 3.98. The first-order chi connectivity index (χ1) is 6.11. The molecule has 0 saturated carbocycles. The SMILES string of the molecule is COc1c(C=O)cc(C)c(C)c1C. The van der Waals surface area contributed by atoms with Gasteiger partial charge in [0.05, 0.1) is 12.7 Å². The van der Waals surface area contributed by atoms with Gasteiger partial charge in [0.2, 0.25) is 0 Å². The predicted molar refractivity (Wildman–Crippen MR) is 52.6 cm³/mol. The van der Waals surface area contributed by atoms with Crippen molar-refractivity contribution in [1.82, 2.24) is 0 Å². The molecule has 0 N–H and O–H groups in total. The van der Waals surface area contributed by atoms with Crippen molar-refractivity contribution >= 4 is 6.29 Å². The van der Waals surface area contributed by atoms with Crippen molar-refractivity contribution in [3.05, 3.63) is 28.3 Å². The highest BCUT2D eigenvalue weighted by atomic mass is 16.5. The van der Waals surface area contributed by atoms with Crippen LogP contribution in [0.1, 0.15) is 27.0 Å². The molecule has 0 saturated heterocycles. The van der Waals surface area contributed by atoms with Crippen molar-refractivity contribution in [2.75, 3.05) is 7.11 Å². The average molecular weight is 178 g/mol. The molecule has 0 radical (unpaired) electrons. The second kappa shape index (κ2) is 3.60. The Morgan fingerprint density at radius 3 is 2.31 bits per heavy atom. The van der Waals surface area contributed by atoms with E-state index in [1.165, 1.54) is 5.56 Å². The topological polar surface area (TPSA) is 26.3 Å². The summed E-state index contributed by atoms with van der Waals surface area (Å²) in [6.07, 6.45) is 0.832. The lowest BCUT2D eigenvalue weighted by Gasteiger charge is -2.12. The van der Waals surface area contributed by atoms with Crippen LogP contribution in [0, 0.1) is 20.8 Å². The summed E-state index contributed by atoms with van der Waals surface area (Å²) in [5, 5.41) is 0. The van der Waals surface area contributed by atoms with E-state index in [1.807, 2.05) is 26.8 Å². The zero-order valence-electron chi connectivity index (χ0n) is 8.47. The van der Waals surface area contributed by atoms with Crippen LogP contribution >= 0.6 is 0 Å². The molecule has 0 spiro atoms. The first-order valence-electron chi connectivity index (χ1n) is 4.21. The number of aryl methyl sites for hydroxylation is 1. The van der Waals surface area contributed by atoms with Crippen LogP contribution in [0.15, 0.2) is 6.07 Å². The van der Waals surface area contributed by atoms with Crippen LogP contribution in [-0.2, 0) is 0 Å². The molecule has 0 heterocycles. The molecule has 2 nitrogen and oxygen atoms in total. The highest BCUT2D eigenvalue weighted by Crippen LogP contribution is 2.27. The van der Waals surface area contributed by atoms with Gasteiger partial charge in [0.1, 0.15) is 5.75 Å². The van der Waals surface area contributed by atoms with Crippen LogP contribution in [0.5, 0.6) is 5.75 Å². The minimum atomic E-state index is 0.628. The molecule has 1 aromatic rings. The van der Waals surface area contributed by atoms with Gasteiger partial charge in [-0.05, 0) is 43.5 Å². The molecule has 0 aliphatic carbocycles. The Hall–Kier alpha value is -1.31. The Kier molecular flexibility index (Phi) is 2.71. The summed E-state index contributed by atoms with van der Waals surface area (Å²) >= 11 is 0. The molecule has 1 aromatic carbocycles. The third-order valence-electron chi connectivity index (χ3n) is 2.46. The van der Waals surface area contributed by atoms with Crippen molar-refractivity contribution in [3.63, 3.8) is 0 Å². The summed E-state index contributed by atoms with van der Waals surface area (Å²) in [4.78, 5) is 10.7. The van der Waals surface area contributed by atoms with E-state index in [0.29, 0.717) is 11.3 Å². The van der Waals surface area contributed by atoms with E-state index in [2.05, 4.69) is 0 Å². The second-order valence-electron chi connectivity index (χ2n) is 3.18. The quantitative estimate of drug-likeness (QED) is 0.650. The van der Waals surface area contributed by atoms with Gasteiger partial charge in [0.15, 0.2) is 6.29 Å². The summed E-state index contributed by atoms with van der Waals surface area (Å²) in [6, 6.07) is 1.86. The Labute approximate surface area is 78.5 Å². The Morgan fingerprint density at radius 1 is 1.23 bits per heavy atom. The van der Waals surface area contributed by atoms with Gasteiger partial charge in [-0.15, -0.1) is 0 Å². The van der Waals surface area contributed by atoms with Crippen molar-refractivity contribution in [2.24, 2.45) is 0 Å². The maximum absolute atomic E-state index is 10.7. The fourth-order valence-electron chi connectivity index (χ4n) is 1.45. The van der Waals surface area contributed by atoms with E-state index in [4.69, 9.17) is 4.74 Å². The number of benzene rings is 1. The molecule has 0 aliphatic rings. The standard InChI is InChI=1S/C11H14O2/c1-7-5-10(6-12)11(13-4)9(3)8(7)2/h5-6H,1-4H3. The average Bonchev–Trinajstić information content (AvgIpc) is 2.13. The molecule has 0 aliphatic heterocycles. The molecular formula is C11H14O2. The molecule has 13 heavy (non-hydrogen) atoms. The van der Waals surface area contributed by atoms with Gasteiger partial charge < -0.3 is 4.74 Å². The third kappa shape index (κ3) is 1.57. The number of ether oxygens (including phenoxy) is 1. The van der Waals surface area contributed by atoms with E-state index < -0.39 is 0 Å². The number of rotatable bonds is 2. The van der Waals surface area contributed by atoms with Gasteiger partial charge in [0.25, 0.3) is 0 Å². The highest BCUT2D eigenvalue weighted by molar-refractivity contribution is 5.81. The van der Waals surface area contributed by atoms with Crippen molar-refractivity contribution in [3.8, 4) is 5.75 Å². The van der Waals surface area contributed by atoms with Crippen LogP contribution in [0.25, 0.3) is 0 Å². The molecule has 0 unspecified atom stereocenters. The fraction of sp³-hybridized carbons (Fsp3) is 0.364. The molecule has 1 rings (SSSR count). The van der Waals surface area contributed by atoms with E-state index in [9.17, 15) is 4.79 Å². The summed E-state index contributed by atoms with van der Waals surface area (Å²) < 4.78 is 5.17. The first kappa shape index (κ1) is 9.78. The summed E-state index contributed by atoms with van der Waals surface area (Å²) in [6.45, 7) is 5.99. The third-order valence-corrected chi connectivity index (χ3v) is 2.46. The van der Waals surface area contributed by atoms with Gasteiger partial charge in [-0.25, -0.2) is 0 Å². The molecule has 2 heteroatoms. The minimum Gasteiger partial charge on any atom is -0.496 e. The summed E-state index contributed by atoms with van der Waals surface area (Å²) in [5.74, 6) is 0.693. The lowest BCUT2D eigenvalue weighted by atomic mass is 9.99. The number of aldehydes is 1. The molecule has 0 bridgehead atoms. The number of hydrogen-bond acceptors (Lipinski definition) is 2. The monoisotopic (exact) mass is 178 g/mol. The molecule has 0 aromatic heterocycles. The van der Waals surface area contributed by atoms with Crippen LogP contribution in [0.2, 0.25) is 0 Å². The van der Waals surface area contributed by atoms with Crippen molar-refractivity contribution in [2.45, 2.75) is 20.8 Å². The maximum atomic E-state index is 10.7. The zero-order valence-corrected chi connectivity index (χ0v) is 8.47. The highest BCUT2D eigenvalue weighted by Gasteiger charge is 2.09. The van der Waals surface area contributed by atoms with Crippen LogP contribution < -0.4 is 4.74 Å². The van der Waals surface area contributed by atoms with E-state index in [1.54, 1.807) is 7.11 Å². The smallest absolute Gasteiger partial charge is 0.153 e. The number of carbonyl (C=O) groups is 1. The van der Waals surface area contributed by atoms with Crippen molar-refractivity contribution < 1.29 is 9.53 Å². The Morgan fingerprint density at radius 2 is 1.85 bits per heavy atom. The van der Waals surface area contributed by atoms with Crippen LogP contribution in [0.4, 0.5) is 0 Å². The molecule has 70 valence electrons. The van der Waals surface area contributed by atoms with Crippen LogP contribution in [0.3, 0.4) is 0 Å². The zero-order chi connectivity index (χ0) is 10.0. The molecule has 0 fully saturated rings. The van der Waals surface area contributed by atoms with E-state index >= 15 is 0 Å². The molecule has 0 amide bonds. The van der Waals surface area contributed by atoms with Gasteiger partial charge in [-0.3, -0.25) is 4.79 Å². The van der Waals surface area contributed by atoms with Crippen molar-refractivity contribution in [1.29, 1.82) is 0 Å². The van der Waals surface area contributed by atoms with Crippen LogP contribution in [-0.4, -0.2) is 13.4 Å². The molecule has 0 atom stereocenters. The van der Waals surface area contributed by atoms with E-state index in [0.717, 1.165) is 17.4 Å². The summed E-state index contributed by atoms with van der Waals surface area (Å²) in [7, 11) is 1.59. The normalized spacial score (nSPS) is 9.85. The largest absolute Gasteiger partial charge is 0.496 e. The fourth-order valence-corrected chi connectivity index (χ4v) is 1.45. The lowest BCUT2D eigenvalue weighted by Crippen LogP contribution is -1.98. The second-order valence-corrected chi connectivity index (χ2v) is 3.18. The van der Waals surface area contributed by atoms with Gasteiger partial charge in [-0.1, -0.05) is 0 Å². The Bertz CT molecular complexity index is 340. The van der Waals surface area contributed by atoms with Gasteiger partial charge in [-0.2, -0.15) is 0 Å². The van der Waals surface area contributed by atoms with Gasteiger partial charge in [0, 0.05) is 0 Å². The lowest BCUT2D eigenvalue weighted by molar-refractivity contribution is 0.112. The minimum absolute atomic E-state index is 0.628. The number of hydrogen-bond donors (Lipinski definition) is 0. The number of methoxy groups -OCH3 is 1. The molecular weight excluding hydrogens is 164 g/mol. The Balaban J connectivity index is 3.47.